The first kappa shape index (κ1) is 10.6. The summed E-state index contributed by atoms with van der Waals surface area (Å²) in [5, 5.41) is 9.26. The van der Waals surface area contributed by atoms with Crippen LogP contribution in [0.2, 0.25) is 0 Å². The molecule has 0 aliphatic rings. The quantitative estimate of drug-likeness (QED) is 0.672. The van der Waals surface area contributed by atoms with Crippen molar-refractivity contribution in [3.8, 4) is 0 Å². The van der Waals surface area contributed by atoms with Gasteiger partial charge in [0, 0.05) is 12.8 Å². The zero-order valence-corrected chi connectivity index (χ0v) is 7.55. The van der Waals surface area contributed by atoms with Crippen molar-refractivity contribution in [2.75, 3.05) is 0 Å². The monoisotopic (exact) mass is 157 g/mol. The molecule has 0 heterocycles. The van der Waals surface area contributed by atoms with Crippen molar-refractivity contribution < 1.29 is 9.90 Å². The van der Waals surface area contributed by atoms with E-state index < -0.39 is 5.60 Å². The van der Waals surface area contributed by atoms with Gasteiger partial charge in [0.15, 0.2) is 0 Å². The first-order valence-electron chi connectivity index (χ1n) is 3.88. The van der Waals surface area contributed by atoms with Crippen LogP contribution in [0.1, 0.15) is 33.6 Å². The molecule has 2 nitrogen and oxygen atoms in total. The summed E-state index contributed by atoms with van der Waals surface area (Å²) in [6, 6.07) is 0. The van der Waals surface area contributed by atoms with Crippen molar-refractivity contribution >= 4 is 5.78 Å². The number of Topliss-reactive ketones (excluding diaryl/α,β-unsaturated/α-hetero) is 1. The van der Waals surface area contributed by atoms with Crippen LogP contribution in [0.3, 0.4) is 0 Å². The second kappa shape index (κ2) is 3.86. The zero-order valence-electron chi connectivity index (χ0n) is 7.55. The lowest BCUT2D eigenvalue weighted by Gasteiger charge is -2.16. The van der Waals surface area contributed by atoms with E-state index in [0.717, 1.165) is 0 Å². The highest BCUT2D eigenvalue weighted by Crippen LogP contribution is 2.11. The SMILES string of the molecule is [CH2]C(C)CC(=O)CC(C)(C)O. The van der Waals surface area contributed by atoms with E-state index in [4.69, 9.17) is 0 Å². The van der Waals surface area contributed by atoms with Gasteiger partial charge in [-0.15, -0.1) is 0 Å². The van der Waals surface area contributed by atoms with Crippen LogP contribution < -0.4 is 0 Å². The second-order valence-corrected chi connectivity index (χ2v) is 3.84. The second-order valence-electron chi connectivity index (χ2n) is 3.84. The lowest BCUT2D eigenvalue weighted by atomic mass is 9.97. The fraction of sp³-hybridized carbons (Fsp3) is 0.778. The standard InChI is InChI=1S/C9H17O2/c1-7(2)5-8(10)6-9(3,4)11/h7,11H,1,5-6H2,2-4H3. The van der Waals surface area contributed by atoms with Gasteiger partial charge in [-0.05, 0) is 19.8 Å². The third kappa shape index (κ3) is 7.53. The smallest absolute Gasteiger partial charge is 0.136 e. The minimum atomic E-state index is -0.869. The van der Waals surface area contributed by atoms with Crippen LogP contribution in [0.15, 0.2) is 0 Å². The lowest BCUT2D eigenvalue weighted by Crippen LogP contribution is -2.23. The van der Waals surface area contributed by atoms with Gasteiger partial charge in [-0.1, -0.05) is 13.8 Å². The highest BCUT2D eigenvalue weighted by molar-refractivity contribution is 5.79. The number of hydrogen-bond donors (Lipinski definition) is 1. The first-order chi connectivity index (χ1) is 4.81. The van der Waals surface area contributed by atoms with E-state index in [9.17, 15) is 9.90 Å². The van der Waals surface area contributed by atoms with E-state index in [1.807, 2.05) is 6.92 Å². The molecule has 0 saturated heterocycles. The number of rotatable bonds is 4. The fourth-order valence-electron chi connectivity index (χ4n) is 0.943. The van der Waals surface area contributed by atoms with Crippen LogP contribution in [0, 0.1) is 12.8 Å². The van der Waals surface area contributed by atoms with Gasteiger partial charge in [0.1, 0.15) is 5.78 Å². The van der Waals surface area contributed by atoms with Crippen LogP contribution >= 0.6 is 0 Å². The molecule has 0 aromatic rings. The molecule has 2 heteroatoms. The Labute approximate surface area is 68.6 Å². The zero-order chi connectivity index (χ0) is 9.07. The number of carbonyl (C=O) groups excluding carboxylic acids is 1. The summed E-state index contributed by atoms with van der Waals surface area (Å²) in [4.78, 5) is 11.1. The molecule has 0 bridgehead atoms. The topological polar surface area (TPSA) is 37.3 Å². The summed E-state index contributed by atoms with van der Waals surface area (Å²) in [6.07, 6.45) is 0.691. The van der Waals surface area contributed by atoms with E-state index in [0.29, 0.717) is 6.42 Å². The Morgan fingerprint density at radius 3 is 2.36 bits per heavy atom. The summed E-state index contributed by atoms with van der Waals surface area (Å²) >= 11 is 0. The normalized spacial score (nSPS) is 12.2. The predicted molar refractivity (Wildman–Crippen MR) is 45.1 cm³/mol. The molecule has 0 fully saturated rings. The summed E-state index contributed by atoms with van der Waals surface area (Å²) in [5.74, 6) is 0.227. The number of aliphatic hydroxyl groups is 1. The van der Waals surface area contributed by atoms with E-state index in [1.165, 1.54) is 0 Å². The minimum Gasteiger partial charge on any atom is -0.390 e. The maximum Gasteiger partial charge on any atom is 0.136 e. The molecule has 11 heavy (non-hydrogen) atoms. The molecule has 0 amide bonds. The first-order valence-corrected chi connectivity index (χ1v) is 3.88. The Kier molecular flexibility index (Phi) is 3.73. The molecule has 1 N–H and O–H groups in total. The summed E-state index contributed by atoms with van der Waals surface area (Å²) in [7, 11) is 0. The Morgan fingerprint density at radius 2 is 2.09 bits per heavy atom. The van der Waals surface area contributed by atoms with Gasteiger partial charge in [-0.2, -0.15) is 0 Å². The van der Waals surface area contributed by atoms with Crippen molar-refractivity contribution in [1.29, 1.82) is 0 Å². The maximum absolute atomic E-state index is 11.1. The lowest BCUT2D eigenvalue weighted by molar-refractivity contribution is -0.123. The predicted octanol–water partition coefficient (Wildman–Crippen LogP) is 1.58. The van der Waals surface area contributed by atoms with E-state index in [-0.39, 0.29) is 18.1 Å². The molecule has 1 unspecified atom stereocenters. The Morgan fingerprint density at radius 1 is 1.64 bits per heavy atom. The molecule has 0 rings (SSSR count). The molecule has 65 valence electrons. The summed E-state index contributed by atoms with van der Waals surface area (Å²) < 4.78 is 0. The Balaban J connectivity index is 3.71. The van der Waals surface area contributed by atoms with Crippen molar-refractivity contribution in [3.05, 3.63) is 6.92 Å². The molecule has 0 aliphatic heterocycles. The highest BCUT2D eigenvalue weighted by Gasteiger charge is 2.18. The van der Waals surface area contributed by atoms with Crippen molar-refractivity contribution in [1.82, 2.24) is 0 Å². The third-order valence-corrected chi connectivity index (χ3v) is 1.21. The highest BCUT2D eigenvalue weighted by atomic mass is 16.3. The molecule has 0 aromatic carbocycles. The molecule has 0 spiro atoms. The van der Waals surface area contributed by atoms with Gasteiger partial charge in [-0.25, -0.2) is 0 Å². The maximum atomic E-state index is 11.1. The van der Waals surface area contributed by atoms with Gasteiger partial charge in [0.05, 0.1) is 5.60 Å². The Hall–Kier alpha value is -0.370. The number of carbonyl (C=O) groups is 1. The number of ketones is 1. The van der Waals surface area contributed by atoms with Crippen LogP contribution in [0.4, 0.5) is 0 Å². The average molecular weight is 157 g/mol. The fourth-order valence-corrected chi connectivity index (χ4v) is 0.943. The Bertz CT molecular complexity index is 131. The molecule has 0 aromatic heterocycles. The molecule has 0 saturated carbocycles. The van der Waals surface area contributed by atoms with Crippen LogP contribution in [-0.4, -0.2) is 16.5 Å². The molecular weight excluding hydrogens is 140 g/mol. The van der Waals surface area contributed by atoms with Crippen molar-refractivity contribution in [2.45, 2.75) is 39.2 Å². The van der Waals surface area contributed by atoms with Gasteiger partial charge >= 0.3 is 0 Å². The molecule has 0 aliphatic carbocycles. The molecule has 1 atom stereocenters. The van der Waals surface area contributed by atoms with Crippen molar-refractivity contribution in [3.63, 3.8) is 0 Å². The van der Waals surface area contributed by atoms with Crippen LogP contribution in [0.5, 0.6) is 0 Å². The van der Waals surface area contributed by atoms with Gasteiger partial charge < -0.3 is 5.11 Å². The van der Waals surface area contributed by atoms with E-state index in [1.54, 1.807) is 13.8 Å². The third-order valence-electron chi connectivity index (χ3n) is 1.21. The largest absolute Gasteiger partial charge is 0.390 e. The van der Waals surface area contributed by atoms with Crippen LogP contribution in [-0.2, 0) is 4.79 Å². The van der Waals surface area contributed by atoms with Gasteiger partial charge in [0.2, 0.25) is 0 Å². The minimum absolute atomic E-state index is 0.0833. The summed E-state index contributed by atoms with van der Waals surface area (Å²) in [5.41, 5.74) is -0.869. The van der Waals surface area contributed by atoms with Crippen molar-refractivity contribution in [2.24, 2.45) is 5.92 Å². The molecule has 1 radical (unpaired) electrons. The summed E-state index contributed by atoms with van der Waals surface area (Å²) in [6.45, 7) is 8.87. The molecular formula is C9H17O2. The van der Waals surface area contributed by atoms with E-state index >= 15 is 0 Å². The average Bonchev–Trinajstić information content (AvgIpc) is 1.53. The number of hydrogen-bond acceptors (Lipinski definition) is 2. The van der Waals surface area contributed by atoms with Gasteiger partial charge in [0.25, 0.3) is 0 Å². The van der Waals surface area contributed by atoms with Crippen LogP contribution in [0.25, 0.3) is 0 Å². The van der Waals surface area contributed by atoms with Gasteiger partial charge in [-0.3, -0.25) is 4.79 Å². The van der Waals surface area contributed by atoms with E-state index in [2.05, 4.69) is 6.92 Å².